The van der Waals surface area contributed by atoms with Crippen LogP contribution >= 0.6 is 0 Å². The van der Waals surface area contributed by atoms with Crippen LogP contribution in [0.3, 0.4) is 0 Å². The summed E-state index contributed by atoms with van der Waals surface area (Å²) in [6, 6.07) is 8.16. The number of guanidine groups is 2. The van der Waals surface area contributed by atoms with Crippen molar-refractivity contribution in [3.05, 3.63) is 41.6 Å². The van der Waals surface area contributed by atoms with Gasteiger partial charge in [0.25, 0.3) is 0 Å². The van der Waals surface area contributed by atoms with E-state index in [1.807, 2.05) is 57.2 Å². The Morgan fingerprint density at radius 2 is 2.15 bits per heavy atom. The molecule has 26 heavy (non-hydrogen) atoms. The summed E-state index contributed by atoms with van der Waals surface area (Å²) < 4.78 is 5.75. The zero-order valence-corrected chi connectivity index (χ0v) is 16.4. The Morgan fingerprint density at radius 1 is 1.38 bits per heavy atom. The van der Waals surface area contributed by atoms with Crippen LogP contribution in [0.25, 0.3) is 0 Å². The highest BCUT2D eigenvalue weighted by Crippen LogP contribution is 2.14. The molecule has 0 bridgehead atoms. The molecule has 0 radical (unpaired) electrons. The molecule has 1 heterocycles. The molecule has 1 atom stereocenters. The summed E-state index contributed by atoms with van der Waals surface area (Å²) in [4.78, 5) is 12.9. The van der Waals surface area contributed by atoms with Gasteiger partial charge in [-0.15, -0.1) is 0 Å². The Hall–Kier alpha value is -2.54. The first kappa shape index (κ1) is 19.8. The van der Waals surface area contributed by atoms with Crippen molar-refractivity contribution in [3.63, 3.8) is 0 Å². The van der Waals surface area contributed by atoms with Gasteiger partial charge < -0.3 is 25.6 Å². The molecule has 7 heteroatoms. The largest absolute Gasteiger partial charge is 0.492 e. The van der Waals surface area contributed by atoms with E-state index in [1.54, 1.807) is 0 Å². The summed E-state index contributed by atoms with van der Waals surface area (Å²) >= 11 is 0. The molecule has 1 aliphatic heterocycles. The van der Waals surface area contributed by atoms with Gasteiger partial charge >= 0.3 is 0 Å². The molecule has 0 amide bonds. The molecule has 1 aliphatic rings. The lowest BCUT2D eigenvalue weighted by Gasteiger charge is -2.31. The van der Waals surface area contributed by atoms with Gasteiger partial charge in [0.2, 0.25) is 11.9 Å². The molecule has 0 fully saturated rings. The van der Waals surface area contributed by atoms with Gasteiger partial charge in [-0.25, -0.2) is 4.99 Å². The van der Waals surface area contributed by atoms with Crippen molar-refractivity contribution in [1.29, 1.82) is 0 Å². The van der Waals surface area contributed by atoms with Gasteiger partial charge in [0.05, 0.1) is 6.54 Å². The van der Waals surface area contributed by atoms with Crippen LogP contribution in [0.15, 0.2) is 46.0 Å². The molecule has 0 spiro atoms. The van der Waals surface area contributed by atoms with Crippen LogP contribution < -0.4 is 15.8 Å². The van der Waals surface area contributed by atoms with E-state index in [4.69, 9.17) is 10.5 Å². The van der Waals surface area contributed by atoms with E-state index < -0.39 is 0 Å². The lowest BCUT2D eigenvalue weighted by atomic mass is 10.2. The first-order valence-electron chi connectivity index (χ1n) is 8.78. The standard InChI is InChI=1S/C19H30N6O/c1-14-11-15(2)25(5)19(22-14)23-18(20)21-13-16-7-6-8-17(12-16)26-10-9-24(3)4/h6-8,11-12,15H,9-10,13H2,1-5H3,(H3,20,21,22,23). The van der Waals surface area contributed by atoms with Crippen molar-refractivity contribution >= 4 is 11.9 Å². The summed E-state index contributed by atoms with van der Waals surface area (Å²) in [6.45, 7) is 6.10. The highest BCUT2D eigenvalue weighted by molar-refractivity contribution is 5.95. The number of nitrogens with zero attached hydrogens (tertiary/aromatic N) is 4. The number of nitrogens with one attached hydrogen (secondary N) is 1. The number of benzene rings is 1. The Bertz CT molecular complexity index is 695. The molecule has 0 aromatic heterocycles. The van der Waals surface area contributed by atoms with Gasteiger partial charge in [-0.3, -0.25) is 0 Å². The molecule has 0 saturated carbocycles. The second-order valence-electron chi connectivity index (χ2n) is 6.74. The Balaban J connectivity index is 1.98. The van der Waals surface area contributed by atoms with E-state index in [9.17, 15) is 0 Å². The van der Waals surface area contributed by atoms with Gasteiger partial charge in [-0.2, -0.15) is 4.99 Å². The van der Waals surface area contributed by atoms with E-state index in [0.29, 0.717) is 19.1 Å². The maximum atomic E-state index is 6.00. The van der Waals surface area contributed by atoms with Gasteiger partial charge in [-0.1, -0.05) is 12.1 Å². The van der Waals surface area contributed by atoms with Crippen LogP contribution in [0.1, 0.15) is 19.4 Å². The van der Waals surface area contributed by atoms with Crippen LogP contribution in [-0.4, -0.2) is 62.1 Å². The number of hydrogen-bond donors (Lipinski definition) is 2. The Kier molecular flexibility index (Phi) is 7.03. The molecule has 1 aromatic rings. The van der Waals surface area contributed by atoms with Gasteiger partial charge in [0.15, 0.2) is 0 Å². The van der Waals surface area contributed by atoms with Gasteiger partial charge in [0.1, 0.15) is 12.4 Å². The maximum Gasteiger partial charge on any atom is 0.218 e. The van der Waals surface area contributed by atoms with E-state index >= 15 is 0 Å². The molecule has 7 nitrogen and oxygen atoms in total. The number of aliphatic imine (C=N–C) groups is 2. The first-order valence-corrected chi connectivity index (χ1v) is 8.78. The molecule has 3 N–H and O–H groups in total. The third-order valence-electron chi connectivity index (χ3n) is 4.09. The van der Waals surface area contributed by atoms with Crippen molar-refractivity contribution in [2.45, 2.75) is 26.4 Å². The molecular formula is C19H30N6O. The zero-order chi connectivity index (χ0) is 19.1. The zero-order valence-electron chi connectivity index (χ0n) is 16.4. The number of rotatable bonds is 6. The van der Waals surface area contributed by atoms with Gasteiger partial charge in [0, 0.05) is 25.3 Å². The molecule has 0 aliphatic carbocycles. The fraction of sp³-hybridized carbons (Fsp3) is 0.474. The number of hydrogen-bond acceptors (Lipinski definition) is 3. The number of likely N-dealkylation sites (N-methyl/N-ethyl adjacent to an activating group) is 2. The van der Waals surface area contributed by atoms with Crippen molar-refractivity contribution in [2.75, 3.05) is 34.3 Å². The van der Waals surface area contributed by atoms with Gasteiger partial charge in [-0.05, 0) is 51.7 Å². The summed E-state index contributed by atoms with van der Waals surface area (Å²) in [5, 5.41) is 3.22. The van der Waals surface area contributed by atoms with Crippen molar-refractivity contribution < 1.29 is 4.74 Å². The van der Waals surface area contributed by atoms with E-state index in [2.05, 4.69) is 33.2 Å². The predicted molar refractivity (Wildman–Crippen MR) is 107 cm³/mol. The monoisotopic (exact) mass is 358 g/mol. The van der Waals surface area contributed by atoms with Crippen LogP contribution in [0.5, 0.6) is 5.75 Å². The lowest BCUT2D eigenvalue weighted by molar-refractivity contribution is 0.261. The van der Waals surface area contributed by atoms with E-state index in [0.717, 1.165) is 23.6 Å². The van der Waals surface area contributed by atoms with E-state index in [1.165, 1.54) is 0 Å². The Morgan fingerprint density at radius 3 is 2.88 bits per heavy atom. The molecule has 142 valence electrons. The summed E-state index contributed by atoms with van der Waals surface area (Å²) in [5.74, 6) is 1.80. The molecule has 1 aromatic carbocycles. The lowest BCUT2D eigenvalue weighted by Crippen LogP contribution is -2.47. The second-order valence-corrected chi connectivity index (χ2v) is 6.74. The van der Waals surface area contributed by atoms with Crippen LogP contribution in [0.2, 0.25) is 0 Å². The molecule has 2 rings (SSSR count). The van der Waals surface area contributed by atoms with Crippen LogP contribution in [0.4, 0.5) is 0 Å². The quantitative estimate of drug-likeness (QED) is 0.597. The summed E-state index contributed by atoms with van der Waals surface area (Å²) in [7, 11) is 6.02. The minimum absolute atomic E-state index is 0.250. The SMILES string of the molecule is CC1=CC(C)N(C)/C(=N/C(N)=NCc2cccc(OCCN(C)C)c2)N1. The average Bonchev–Trinajstić information content (AvgIpc) is 2.57. The van der Waals surface area contributed by atoms with Crippen molar-refractivity contribution in [1.82, 2.24) is 15.1 Å². The maximum absolute atomic E-state index is 6.00. The second kappa shape index (κ2) is 9.24. The highest BCUT2D eigenvalue weighted by atomic mass is 16.5. The highest BCUT2D eigenvalue weighted by Gasteiger charge is 2.17. The Labute approximate surface area is 156 Å². The van der Waals surface area contributed by atoms with Crippen LogP contribution in [-0.2, 0) is 6.54 Å². The number of nitrogens with two attached hydrogens (primary N) is 1. The van der Waals surface area contributed by atoms with Crippen molar-refractivity contribution in [3.8, 4) is 5.75 Å². The summed E-state index contributed by atoms with van der Waals surface area (Å²) in [5.41, 5.74) is 8.09. The third-order valence-corrected chi connectivity index (χ3v) is 4.09. The number of ether oxygens (including phenoxy) is 1. The smallest absolute Gasteiger partial charge is 0.218 e. The van der Waals surface area contributed by atoms with E-state index in [-0.39, 0.29) is 12.0 Å². The fourth-order valence-electron chi connectivity index (χ4n) is 2.48. The van der Waals surface area contributed by atoms with Crippen molar-refractivity contribution in [2.24, 2.45) is 15.7 Å². The number of allylic oxidation sites excluding steroid dienone is 1. The first-order chi connectivity index (χ1) is 12.3. The molecule has 1 unspecified atom stereocenters. The predicted octanol–water partition coefficient (Wildman–Crippen LogP) is 1.62. The average molecular weight is 358 g/mol. The normalized spacial score (nSPS) is 19.5. The molecular weight excluding hydrogens is 328 g/mol. The molecule has 0 saturated heterocycles. The topological polar surface area (TPSA) is 78.5 Å². The minimum Gasteiger partial charge on any atom is -0.492 e. The fourth-order valence-corrected chi connectivity index (χ4v) is 2.48. The summed E-state index contributed by atoms with van der Waals surface area (Å²) in [6.07, 6.45) is 2.13. The minimum atomic E-state index is 0.250. The third kappa shape index (κ3) is 6.07. The van der Waals surface area contributed by atoms with Crippen LogP contribution in [0, 0.1) is 0 Å².